The molecule has 0 bridgehead atoms. The van der Waals surface area contributed by atoms with Crippen molar-refractivity contribution in [1.82, 2.24) is 0 Å². The van der Waals surface area contributed by atoms with Gasteiger partial charge in [0.2, 0.25) is 0 Å². The average molecular weight is 129 g/mol. The van der Waals surface area contributed by atoms with Crippen molar-refractivity contribution in [3.05, 3.63) is 0 Å². The van der Waals surface area contributed by atoms with Crippen LogP contribution >= 0.6 is 0 Å². The summed E-state index contributed by atoms with van der Waals surface area (Å²) in [5.41, 5.74) is 0. The first-order valence-electron chi connectivity index (χ1n) is 2.07. The molecule has 0 radical (unpaired) electrons. The van der Waals surface area contributed by atoms with Crippen LogP contribution in [-0.4, -0.2) is 64.7 Å². The van der Waals surface area contributed by atoms with Gasteiger partial charge in [0.25, 0.3) is 0 Å². The number of rotatable bonds is 1. The normalized spacial score (nSPS) is 12.0. The molecule has 7 heavy (non-hydrogen) atoms. The molecule has 0 aromatic rings. The molecule has 0 aromatic carbocycles. The van der Waals surface area contributed by atoms with Crippen molar-refractivity contribution >= 4 is 39.4 Å². The van der Waals surface area contributed by atoms with Gasteiger partial charge in [-0.15, -0.1) is 0 Å². The van der Waals surface area contributed by atoms with E-state index in [0.717, 1.165) is 4.15 Å². The van der Waals surface area contributed by atoms with E-state index < -0.39 is 0 Å². The third-order valence-corrected chi connectivity index (χ3v) is 1.64. The van der Waals surface area contributed by atoms with Gasteiger partial charge in [-0.25, -0.2) is 0 Å². The molecule has 0 unspecified atom stereocenters. The molecule has 0 saturated carbocycles. The van der Waals surface area contributed by atoms with E-state index in [4.69, 9.17) is 5.40 Å². The summed E-state index contributed by atoms with van der Waals surface area (Å²) in [5.74, 6) is 0. The van der Waals surface area contributed by atoms with Crippen LogP contribution in [0.2, 0.25) is 0 Å². The molecular formula is C3H14N2NaSi+. The van der Waals surface area contributed by atoms with E-state index in [1.54, 1.807) is 0 Å². The number of nitrogens with two attached hydrogens (primary N) is 1. The van der Waals surface area contributed by atoms with Crippen LogP contribution in [0.15, 0.2) is 0 Å². The van der Waals surface area contributed by atoms with Crippen LogP contribution < -0.4 is 5.40 Å². The second kappa shape index (κ2) is 4.06. The minimum atomic E-state index is -0.310. The van der Waals surface area contributed by atoms with Gasteiger partial charge in [-0.1, -0.05) is 0 Å². The molecule has 0 aliphatic rings. The second-order valence-electron chi connectivity index (χ2n) is 2.47. The molecule has 0 aliphatic heterocycles. The van der Waals surface area contributed by atoms with Gasteiger partial charge >= 0.3 is 39.4 Å². The quantitative estimate of drug-likeness (QED) is 0.407. The SMILES string of the molecule is C[N+](C)(C)[SiH2]N.[NaH]. The summed E-state index contributed by atoms with van der Waals surface area (Å²) < 4.78 is 0.986. The van der Waals surface area contributed by atoms with E-state index in [1.807, 2.05) is 0 Å². The van der Waals surface area contributed by atoms with E-state index in [0.29, 0.717) is 0 Å². The van der Waals surface area contributed by atoms with Crippen molar-refractivity contribution in [2.24, 2.45) is 5.40 Å². The van der Waals surface area contributed by atoms with Crippen molar-refractivity contribution in [3.63, 3.8) is 0 Å². The van der Waals surface area contributed by atoms with Crippen molar-refractivity contribution in [2.45, 2.75) is 0 Å². The Morgan fingerprint density at radius 1 is 1.29 bits per heavy atom. The standard InChI is InChI=1S/C3H13N2Si.Na.H/c1-5(2,3)6-4;;/h4,6H2,1-3H3;;/q+1;;. The topological polar surface area (TPSA) is 26.0 Å². The molecule has 0 saturated heterocycles. The Bertz CT molecular complexity index is 42.7. The van der Waals surface area contributed by atoms with Crippen molar-refractivity contribution in [2.75, 3.05) is 21.1 Å². The Morgan fingerprint density at radius 3 is 1.43 bits per heavy atom. The Kier molecular flexibility index (Phi) is 6.38. The minimum absolute atomic E-state index is 0. The average Bonchev–Trinajstić information content (AvgIpc) is 1.35. The molecule has 2 nitrogen and oxygen atoms in total. The van der Waals surface area contributed by atoms with E-state index >= 15 is 0 Å². The summed E-state index contributed by atoms with van der Waals surface area (Å²) in [5, 5.41) is 5.42. The third-order valence-electron chi connectivity index (χ3n) is 0.548. The molecule has 0 heterocycles. The van der Waals surface area contributed by atoms with E-state index in [2.05, 4.69) is 21.1 Å². The summed E-state index contributed by atoms with van der Waals surface area (Å²) in [6.45, 7) is 0. The third kappa shape index (κ3) is 11.0. The molecule has 0 amide bonds. The molecule has 2 N–H and O–H groups in total. The van der Waals surface area contributed by atoms with Gasteiger partial charge in [-0.05, 0) is 0 Å². The maximum atomic E-state index is 5.42. The summed E-state index contributed by atoms with van der Waals surface area (Å²) in [4.78, 5) is 0. The number of hydrogen-bond acceptors (Lipinski definition) is 1. The zero-order valence-corrected chi connectivity index (χ0v) is 6.15. The monoisotopic (exact) mass is 129 g/mol. The van der Waals surface area contributed by atoms with Crippen LogP contribution in [-0.2, 0) is 0 Å². The Labute approximate surface area is 69.9 Å². The second-order valence-corrected chi connectivity index (χ2v) is 4.74. The molecule has 0 spiro atoms. The number of nitrogens with zero attached hydrogens (tertiary/aromatic N) is 1. The van der Waals surface area contributed by atoms with Gasteiger partial charge in [0, 0.05) is 0 Å². The van der Waals surface area contributed by atoms with Crippen LogP contribution in [0.3, 0.4) is 0 Å². The van der Waals surface area contributed by atoms with Gasteiger partial charge in [0.15, 0.2) is 0 Å². The molecule has 40 valence electrons. The summed E-state index contributed by atoms with van der Waals surface area (Å²) in [7, 11) is 6.04. The van der Waals surface area contributed by atoms with Gasteiger partial charge in [0.1, 0.15) is 0 Å². The molecule has 0 aromatic heterocycles. The van der Waals surface area contributed by atoms with Crippen LogP contribution in [0, 0.1) is 0 Å². The fourth-order valence-corrected chi connectivity index (χ4v) is 0. The van der Waals surface area contributed by atoms with E-state index in [1.165, 1.54) is 0 Å². The van der Waals surface area contributed by atoms with E-state index in [9.17, 15) is 0 Å². The Balaban J connectivity index is 0. The predicted molar refractivity (Wildman–Crippen MR) is 37.9 cm³/mol. The van der Waals surface area contributed by atoms with Crippen LogP contribution in [0.4, 0.5) is 0 Å². The van der Waals surface area contributed by atoms with Gasteiger partial charge in [0.05, 0.1) is 21.1 Å². The molecular weight excluding hydrogens is 115 g/mol. The predicted octanol–water partition coefficient (Wildman–Crippen LogP) is -2.00. The van der Waals surface area contributed by atoms with Crippen LogP contribution in [0.1, 0.15) is 0 Å². The first kappa shape index (κ1) is 11.0. The maximum absolute atomic E-state index is 5.42. The first-order valence-corrected chi connectivity index (χ1v) is 3.52. The van der Waals surface area contributed by atoms with Crippen molar-refractivity contribution in [1.29, 1.82) is 0 Å². The molecule has 0 atom stereocenters. The van der Waals surface area contributed by atoms with Crippen LogP contribution in [0.25, 0.3) is 0 Å². The zero-order valence-electron chi connectivity index (χ0n) is 4.73. The Morgan fingerprint density at radius 2 is 1.43 bits per heavy atom. The fourth-order valence-electron chi connectivity index (χ4n) is 0. The fraction of sp³-hybridized carbons (Fsp3) is 1.00. The summed E-state index contributed by atoms with van der Waals surface area (Å²) in [6, 6.07) is 0. The molecule has 4 heteroatoms. The number of quaternary nitrogens is 1. The van der Waals surface area contributed by atoms with Gasteiger partial charge in [-0.3, -0.25) is 0 Å². The zero-order chi connectivity index (χ0) is 5.21. The number of hydrogen-bond donors (Lipinski definition) is 1. The van der Waals surface area contributed by atoms with Crippen molar-refractivity contribution in [3.8, 4) is 0 Å². The van der Waals surface area contributed by atoms with Crippen LogP contribution in [0.5, 0.6) is 0 Å². The summed E-state index contributed by atoms with van der Waals surface area (Å²) >= 11 is 0. The Hall–Kier alpha value is 1.14. The molecule has 0 fully saturated rings. The summed E-state index contributed by atoms with van der Waals surface area (Å²) in [6.07, 6.45) is 0. The molecule has 0 rings (SSSR count). The first-order chi connectivity index (χ1) is 2.56. The van der Waals surface area contributed by atoms with Gasteiger partial charge < -0.3 is 9.55 Å². The molecule has 0 aliphatic carbocycles. The van der Waals surface area contributed by atoms with Crippen molar-refractivity contribution < 1.29 is 4.15 Å². The van der Waals surface area contributed by atoms with E-state index in [-0.39, 0.29) is 39.4 Å². The van der Waals surface area contributed by atoms with Gasteiger partial charge in [-0.2, -0.15) is 0 Å².